The lowest BCUT2D eigenvalue weighted by Gasteiger charge is -2.28. The summed E-state index contributed by atoms with van der Waals surface area (Å²) < 4.78 is 0.800. The molecule has 1 aliphatic rings. The van der Waals surface area contributed by atoms with Crippen molar-refractivity contribution in [3.8, 4) is 0 Å². The first-order valence-corrected chi connectivity index (χ1v) is 8.50. The minimum absolute atomic E-state index is 0.0914. The van der Waals surface area contributed by atoms with Crippen molar-refractivity contribution < 1.29 is 4.84 Å². The Bertz CT molecular complexity index is 460. The Morgan fingerprint density at radius 3 is 2.85 bits per heavy atom. The van der Waals surface area contributed by atoms with Gasteiger partial charge in [-0.3, -0.25) is 0 Å². The van der Waals surface area contributed by atoms with E-state index < -0.39 is 0 Å². The number of hydrogen-bond acceptors (Lipinski definition) is 4. The van der Waals surface area contributed by atoms with Crippen LogP contribution in [0.15, 0.2) is 24.1 Å². The predicted molar refractivity (Wildman–Crippen MR) is 85.5 cm³/mol. The summed E-state index contributed by atoms with van der Waals surface area (Å²) in [6.45, 7) is 4.43. The van der Waals surface area contributed by atoms with E-state index in [-0.39, 0.29) is 6.04 Å². The molecule has 112 valence electrons. The van der Waals surface area contributed by atoms with Crippen LogP contribution in [0, 0.1) is 0 Å². The van der Waals surface area contributed by atoms with E-state index in [2.05, 4.69) is 13.8 Å². The fourth-order valence-corrected chi connectivity index (χ4v) is 3.61. The monoisotopic (exact) mass is 314 g/mol. The molecule has 1 aromatic rings. The number of nitrogens with zero attached hydrogens (tertiary/aromatic N) is 1. The maximum absolute atomic E-state index is 6.03. The standard InChI is InChI=1S/C15H23ClN2OS/c1-3-4-5-6-7-11(2)18-12(10-15(17)19-18)13-8-9-14(16)20-13/h8-12H,3-7,17H2,1-2H3. The van der Waals surface area contributed by atoms with Crippen LogP contribution in [0.4, 0.5) is 0 Å². The zero-order chi connectivity index (χ0) is 14.5. The van der Waals surface area contributed by atoms with E-state index in [4.69, 9.17) is 22.2 Å². The molecule has 0 radical (unpaired) electrons. The Morgan fingerprint density at radius 2 is 2.20 bits per heavy atom. The van der Waals surface area contributed by atoms with Gasteiger partial charge in [-0.25, -0.2) is 0 Å². The smallest absolute Gasteiger partial charge is 0.207 e. The summed E-state index contributed by atoms with van der Waals surface area (Å²) >= 11 is 7.61. The number of hydrogen-bond donors (Lipinski definition) is 1. The average molecular weight is 315 g/mol. The van der Waals surface area contributed by atoms with Crippen LogP contribution in [-0.2, 0) is 4.84 Å². The van der Waals surface area contributed by atoms with E-state index in [0.717, 1.165) is 10.8 Å². The molecule has 5 heteroatoms. The second-order valence-electron chi connectivity index (χ2n) is 5.31. The molecule has 0 bridgehead atoms. The molecule has 0 spiro atoms. The third-order valence-electron chi connectivity index (χ3n) is 3.60. The maximum Gasteiger partial charge on any atom is 0.207 e. The summed E-state index contributed by atoms with van der Waals surface area (Å²) in [4.78, 5) is 6.87. The van der Waals surface area contributed by atoms with Gasteiger partial charge in [0.1, 0.15) is 6.04 Å². The summed E-state index contributed by atoms with van der Waals surface area (Å²) in [6, 6.07) is 4.41. The van der Waals surface area contributed by atoms with Crippen LogP contribution in [0.3, 0.4) is 0 Å². The van der Waals surface area contributed by atoms with Gasteiger partial charge in [0.15, 0.2) is 0 Å². The fourth-order valence-electron chi connectivity index (χ4n) is 2.49. The molecule has 0 saturated carbocycles. The van der Waals surface area contributed by atoms with Gasteiger partial charge in [-0.05, 0) is 25.5 Å². The molecule has 0 aromatic carbocycles. The van der Waals surface area contributed by atoms with Gasteiger partial charge in [-0.15, -0.1) is 16.4 Å². The number of hydroxylamine groups is 2. The van der Waals surface area contributed by atoms with Crippen LogP contribution < -0.4 is 5.73 Å². The van der Waals surface area contributed by atoms with Gasteiger partial charge in [0, 0.05) is 17.0 Å². The number of rotatable bonds is 7. The summed E-state index contributed by atoms with van der Waals surface area (Å²) in [5.74, 6) is 0.486. The Kier molecular flexibility index (Phi) is 5.75. The molecule has 1 aromatic heterocycles. The first-order valence-electron chi connectivity index (χ1n) is 7.30. The summed E-state index contributed by atoms with van der Waals surface area (Å²) in [5.41, 5.74) is 5.84. The van der Waals surface area contributed by atoms with Gasteiger partial charge in [-0.1, -0.05) is 44.2 Å². The molecule has 0 saturated heterocycles. The van der Waals surface area contributed by atoms with Crippen molar-refractivity contribution in [2.45, 2.75) is 58.0 Å². The van der Waals surface area contributed by atoms with E-state index >= 15 is 0 Å². The van der Waals surface area contributed by atoms with Crippen LogP contribution in [-0.4, -0.2) is 11.1 Å². The molecule has 20 heavy (non-hydrogen) atoms. The minimum atomic E-state index is 0.0914. The van der Waals surface area contributed by atoms with Gasteiger partial charge in [0.05, 0.1) is 4.34 Å². The van der Waals surface area contributed by atoms with E-state index in [9.17, 15) is 0 Å². The second-order valence-corrected chi connectivity index (χ2v) is 7.05. The molecular formula is C15H23ClN2OS. The van der Waals surface area contributed by atoms with Gasteiger partial charge < -0.3 is 10.6 Å². The minimum Gasteiger partial charge on any atom is -0.387 e. The zero-order valence-electron chi connectivity index (χ0n) is 12.1. The van der Waals surface area contributed by atoms with Crippen LogP contribution in [0.5, 0.6) is 0 Å². The summed E-state index contributed by atoms with van der Waals surface area (Å²) in [5, 5.41) is 2.00. The third kappa shape index (κ3) is 3.90. The third-order valence-corrected chi connectivity index (χ3v) is 4.90. The Labute approximate surface area is 130 Å². The van der Waals surface area contributed by atoms with Gasteiger partial charge in [0.2, 0.25) is 5.88 Å². The highest BCUT2D eigenvalue weighted by Gasteiger charge is 2.32. The first kappa shape index (κ1) is 15.7. The molecule has 0 amide bonds. The number of unbranched alkanes of at least 4 members (excludes halogenated alkanes) is 3. The number of thiophene rings is 1. The van der Waals surface area contributed by atoms with Crippen molar-refractivity contribution in [3.05, 3.63) is 33.3 Å². The lowest BCUT2D eigenvalue weighted by atomic mass is 10.1. The Balaban J connectivity index is 1.96. The molecule has 3 nitrogen and oxygen atoms in total. The Hall–Kier alpha value is -0.710. The normalized spacial score (nSPS) is 20.8. The molecule has 2 unspecified atom stereocenters. The lowest BCUT2D eigenvalue weighted by molar-refractivity contribution is -0.149. The van der Waals surface area contributed by atoms with Crippen molar-refractivity contribution in [2.24, 2.45) is 5.73 Å². The van der Waals surface area contributed by atoms with E-state index in [1.807, 2.05) is 23.3 Å². The fraction of sp³-hybridized carbons (Fsp3) is 0.600. The zero-order valence-corrected chi connectivity index (χ0v) is 13.7. The summed E-state index contributed by atoms with van der Waals surface area (Å²) in [7, 11) is 0. The highest BCUT2D eigenvalue weighted by molar-refractivity contribution is 7.16. The molecule has 2 atom stereocenters. The number of halogens is 1. The molecular weight excluding hydrogens is 292 g/mol. The lowest BCUT2D eigenvalue weighted by Crippen LogP contribution is -2.32. The number of nitrogens with two attached hydrogens (primary N) is 1. The largest absolute Gasteiger partial charge is 0.387 e. The molecule has 2 rings (SSSR count). The first-order chi connectivity index (χ1) is 9.61. The van der Waals surface area contributed by atoms with Crippen LogP contribution >= 0.6 is 22.9 Å². The highest BCUT2D eigenvalue weighted by atomic mass is 35.5. The van der Waals surface area contributed by atoms with E-state index in [1.165, 1.54) is 30.6 Å². The van der Waals surface area contributed by atoms with Crippen LogP contribution in [0.2, 0.25) is 4.34 Å². The van der Waals surface area contributed by atoms with Crippen molar-refractivity contribution in [1.29, 1.82) is 0 Å². The molecule has 0 aliphatic carbocycles. The summed E-state index contributed by atoms with van der Waals surface area (Å²) in [6.07, 6.45) is 8.17. The van der Waals surface area contributed by atoms with Crippen LogP contribution in [0.1, 0.15) is 56.9 Å². The van der Waals surface area contributed by atoms with Gasteiger partial charge in [0.25, 0.3) is 0 Å². The van der Waals surface area contributed by atoms with Crippen molar-refractivity contribution >= 4 is 22.9 Å². The maximum atomic E-state index is 6.03. The topological polar surface area (TPSA) is 38.5 Å². The molecule has 2 heterocycles. The van der Waals surface area contributed by atoms with Crippen molar-refractivity contribution in [2.75, 3.05) is 0 Å². The van der Waals surface area contributed by atoms with E-state index in [0.29, 0.717) is 11.9 Å². The molecule has 2 N–H and O–H groups in total. The highest BCUT2D eigenvalue weighted by Crippen LogP contribution is 2.37. The predicted octanol–water partition coefficient (Wildman–Crippen LogP) is 4.85. The molecule has 0 fully saturated rings. The average Bonchev–Trinajstić information content (AvgIpc) is 3.00. The van der Waals surface area contributed by atoms with Crippen molar-refractivity contribution in [1.82, 2.24) is 5.06 Å². The quantitative estimate of drug-likeness (QED) is 0.731. The SMILES string of the molecule is CCCCCCC(C)N1OC(N)=CC1c1ccc(Cl)s1. The Morgan fingerprint density at radius 1 is 1.40 bits per heavy atom. The molecule has 1 aliphatic heterocycles. The second kappa shape index (κ2) is 7.34. The van der Waals surface area contributed by atoms with Gasteiger partial charge >= 0.3 is 0 Å². The van der Waals surface area contributed by atoms with Gasteiger partial charge in [-0.2, -0.15) is 0 Å². The van der Waals surface area contributed by atoms with Crippen molar-refractivity contribution in [3.63, 3.8) is 0 Å². The van der Waals surface area contributed by atoms with Crippen LogP contribution in [0.25, 0.3) is 0 Å². The van der Waals surface area contributed by atoms with E-state index in [1.54, 1.807) is 11.3 Å².